The molecular formula is C16H20N2O2. The van der Waals surface area contributed by atoms with Crippen LogP contribution >= 0.6 is 0 Å². The molecule has 0 bridgehead atoms. The van der Waals surface area contributed by atoms with Crippen LogP contribution in [0.5, 0.6) is 0 Å². The molecule has 0 radical (unpaired) electrons. The Kier molecular flexibility index (Phi) is 3.13. The van der Waals surface area contributed by atoms with E-state index in [1.54, 1.807) is 0 Å². The normalized spacial score (nSPS) is 26.1. The molecule has 3 rings (SSSR count). The molecule has 4 nitrogen and oxygen atoms in total. The van der Waals surface area contributed by atoms with Gasteiger partial charge < -0.3 is 5.73 Å². The molecule has 1 aliphatic carbocycles. The molecule has 1 heterocycles. The molecule has 1 saturated carbocycles. The second kappa shape index (κ2) is 4.70. The summed E-state index contributed by atoms with van der Waals surface area (Å²) in [4.78, 5) is 25.2. The molecule has 20 heavy (non-hydrogen) atoms. The molecule has 2 amide bonds. The van der Waals surface area contributed by atoms with Crippen LogP contribution in [-0.2, 0) is 9.59 Å². The number of hydrogen-bond acceptors (Lipinski definition) is 3. The van der Waals surface area contributed by atoms with Gasteiger partial charge in [0.1, 0.15) is 0 Å². The van der Waals surface area contributed by atoms with Crippen LogP contribution in [0.25, 0.3) is 0 Å². The van der Waals surface area contributed by atoms with Crippen molar-refractivity contribution in [3.8, 4) is 0 Å². The van der Waals surface area contributed by atoms with E-state index in [0.29, 0.717) is 12.5 Å². The maximum atomic E-state index is 11.9. The smallest absolute Gasteiger partial charge is 0.233 e. The summed E-state index contributed by atoms with van der Waals surface area (Å²) in [5.74, 6) is 0.327. The van der Waals surface area contributed by atoms with Crippen molar-refractivity contribution in [2.24, 2.45) is 17.6 Å². The first-order valence-corrected chi connectivity index (χ1v) is 7.19. The van der Waals surface area contributed by atoms with E-state index in [1.807, 2.05) is 12.1 Å². The van der Waals surface area contributed by atoms with Crippen molar-refractivity contribution in [1.29, 1.82) is 0 Å². The van der Waals surface area contributed by atoms with E-state index in [-0.39, 0.29) is 29.7 Å². The van der Waals surface area contributed by atoms with Crippen molar-refractivity contribution < 1.29 is 9.59 Å². The highest BCUT2D eigenvalue weighted by Crippen LogP contribution is 2.47. The van der Waals surface area contributed by atoms with Crippen LogP contribution in [0.15, 0.2) is 24.3 Å². The maximum absolute atomic E-state index is 11.9. The van der Waals surface area contributed by atoms with Gasteiger partial charge in [-0.05, 0) is 23.5 Å². The Morgan fingerprint density at radius 3 is 2.10 bits per heavy atom. The van der Waals surface area contributed by atoms with E-state index in [1.165, 1.54) is 10.5 Å². The Morgan fingerprint density at radius 2 is 1.60 bits per heavy atom. The zero-order valence-electron chi connectivity index (χ0n) is 11.9. The Bertz CT molecular complexity index is 530. The minimum Gasteiger partial charge on any atom is -0.322 e. The molecule has 1 aromatic carbocycles. The summed E-state index contributed by atoms with van der Waals surface area (Å²) >= 11 is 0. The number of hydrogen-bond donors (Lipinski definition) is 1. The second-order valence-corrected chi connectivity index (χ2v) is 6.16. The van der Waals surface area contributed by atoms with Crippen LogP contribution in [0.3, 0.4) is 0 Å². The third-order valence-corrected chi connectivity index (χ3v) is 4.37. The van der Waals surface area contributed by atoms with Gasteiger partial charge in [-0.25, -0.2) is 0 Å². The number of amides is 2. The minimum absolute atomic E-state index is 0.0331. The van der Waals surface area contributed by atoms with Gasteiger partial charge in [0.05, 0.1) is 11.8 Å². The second-order valence-electron chi connectivity index (χ2n) is 6.16. The quantitative estimate of drug-likeness (QED) is 0.850. The van der Waals surface area contributed by atoms with Crippen molar-refractivity contribution >= 4 is 11.8 Å². The largest absolute Gasteiger partial charge is 0.322 e. The zero-order valence-corrected chi connectivity index (χ0v) is 11.9. The molecular weight excluding hydrogens is 252 g/mol. The molecule has 2 fully saturated rings. The number of carbonyl (C=O) groups excluding carboxylic acids is 2. The summed E-state index contributed by atoms with van der Waals surface area (Å²) in [7, 11) is 0. The number of rotatable bonds is 4. The van der Waals surface area contributed by atoms with Crippen molar-refractivity contribution in [2.45, 2.75) is 32.2 Å². The first-order chi connectivity index (χ1) is 9.49. The Labute approximate surface area is 118 Å². The van der Waals surface area contributed by atoms with Crippen LogP contribution in [0.4, 0.5) is 0 Å². The highest BCUT2D eigenvalue weighted by Gasteiger charge is 2.58. The maximum Gasteiger partial charge on any atom is 0.233 e. The summed E-state index contributed by atoms with van der Waals surface area (Å²) in [6.45, 7) is 4.58. The molecule has 106 valence electrons. The SMILES string of the molecule is CC(C)c1ccc(C(N)CN2C(=O)C3CC3C2=O)cc1. The molecule has 1 saturated heterocycles. The van der Waals surface area contributed by atoms with Gasteiger partial charge in [-0.3, -0.25) is 14.5 Å². The standard InChI is InChI=1S/C16H20N2O2/c1-9(2)10-3-5-11(6-4-10)14(17)8-18-15(19)12-7-13(12)16(18)20/h3-6,9,12-14H,7-8,17H2,1-2H3. The average molecular weight is 272 g/mol. The molecule has 0 spiro atoms. The number of nitrogens with two attached hydrogens (primary N) is 1. The van der Waals surface area contributed by atoms with E-state index < -0.39 is 0 Å². The van der Waals surface area contributed by atoms with Crippen molar-refractivity contribution in [2.75, 3.05) is 6.54 Å². The molecule has 2 N–H and O–H groups in total. The van der Waals surface area contributed by atoms with E-state index in [0.717, 1.165) is 12.0 Å². The van der Waals surface area contributed by atoms with Gasteiger partial charge in [-0.15, -0.1) is 0 Å². The molecule has 3 unspecified atom stereocenters. The van der Waals surface area contributed by atoms with Gasteiger partial charge in [0, 0.05) is 12.6 Å². The highest BCUT2D eigenvalue weighted by atomic mass is 16.2. The van der Waals surface area contributed by atoms with E-state index in [2.05, 4.69) is 26.0 Å². The van der Waals surface area contributed by atoms with Crippen LogP contribution in [-0.4, -0.2) is 23.3 Å². The molecule has 1 aliphatic heterocycles. The molecule has 3 atom stereocenters. The van der Waals surface area contributed by atoms with Gasteiger partial charge in [-0.2, -0.15) is 0 Å². The lowest BCUT2D eigenvalue weighted by Gasteiger charge is -2.21. The topological polar surface area (TPSA) is 63.4 Å². The number of piperidine rings is 1. The molecule has 4 heteroatoms. The van der Waals surface area contributed by atoms with Crippen molar-refractivity contribution in [3.63, 3.8) is 0 Å². The van der Waals surface area contributed by atoms with Crippen LogP contribution in [0.1, 0.15) is 43.4 Å². The summed E-state index contributed by atoms with van der Waals surface area (Å²) in [5.41, 5.74) is 8.37. The average Bonchev–Trinajstić information content (AvgIpc) is 3.19. The Morgan fingerprint density at radius 1 is 1.10 bits per heavy atom. The third-order valence-electron chi connectivity index (χ3n) is 4.37. The summed E-state index contributed by atoms with van der Waals surface area (Å²) in [6, 6.07) is 7.80. The van der Waals surface area contributed by atoms with Crippen LogP contribution < -0.4 is 5.73 Å². The zero-order chi connectivity index (χ0) is 14.4. The fourth-order valence-electron chi connectivity index (χ4n) is 2.86. The van der Waals surface area contributed by atoms with Gasteiger partial charge in [0.2, 0.25) is 11.8 Å². The first kappa shape index (κ1) is 13.3. The fraction of sp³-hybridized carbons (Fsp3) is 0.500. The van der Waals surface area contributed by atoms with E-state index in [4.69, 9.17) is 5.73 Å². The van der Waals surface area contributed by atoms with Crippen LogP contribution in [0.2, 0.25) is 0 Å². The molecule has 1 aromatic rings. The first-order valence-electron chi connectivity index (χ1n) is 7.19. The van der Waals surface area contributed by atoms with Crippen molar-refractivity contribution in [1.82, 2.24) is 4.90 Å². The number of benzene rings is 1. The lowest BCUT2D eigenvalue weighted by molar-refractivity contribution is -0.141. The highest BCUT2D eigenvalue weighted by molar-refractivity contribution is 6.08. The number of nitrogens with zero attached hydrogens (tertiary/aromatic N) is 1. The summed E-state index contributed by atoms with van der Waals surface area (Å²) in [5, 5.41) is 0. The third kappa shape index (κ3) is 2.14. The van der Waals surface area contributed by atoms with Gasteiger partial charge in [0.15, 0.2) is 0 Å². The lowest BCUT2D eigenvalue weighted by atomic mass is 9.99. The Hall–Kier alpha value is -1.68. The van der Waals surface area contributed by atoms with Crippen LogP contribution in [0, 0.1) is 11.8 Å². The van der Waals surface area contributed by atoms with E-state index >= 15 is 0 Å². The van der Waals surface area contributed by atoms with E-state index in [9.17, 15) is 9.59 Å². The Balaban J connectivity index is 1.68. The molecule has 2 aliphatic rings. The summed E-state index contributed by atoms with van der Waals surface area (Å²) < 4.78 is 0. The predicted molar refractivity (Wildman–Crippen MR) is 75.8 cm³/mol. The number of imide groups is 1. The monoisotopic (exact) mass is 272 g/mol. The molecule has 0 aromatic heterocycles. The summed E-state index contributed by atoms with van der Waals surface area (Å²) in [6.07, 6.45) is 0.743. The lowest BCUT2D eigenvalue weighted by Crippen LogP contribution is -2.38. The van der Waals surface area contributed by atoms with Crippen molar-refractivity contribution in [3.05, 3.63) is 35.4 Å². The number of carbonyl (C=O) groups is 2. The minimum atomic E-state index is -0.304. The van der Waals surface area contributed by atoms with Gasteiger partial charge in [-0.1, -0.05) is 38.1 Å². The van der Waals surface area contributed by atoms with Gasteiger partial charge in [0.25, 0.3) is 0 Å². The van der Waals surface area contributed by atoms with Gasteiger partial charge >= 0.3 is 0 Å². The number of likely N-dealkylation sites (tertiary alicyclic amines) is 1. The predicted octanol–water partition coefficient (Wildman–Crippen LogP) is 1.81. The fourth-order valence-corrected chi connectivity index (χ4v) is 2.86. The number of fused-ring (bicyclic) bond motifs is 1.